The van der Waals surface area contributed by atoms with Crippen molar-refractivity contribution >= 4 is 0 Å². The molecule has 2 unspecified atom stereocenters. The standard InChI is InChI=1S/C16H25NO/c1-13(2)16(15-8-4-3-5-9-15)17-11-14-7-6-10-18-12-14/h3-5,8-9,13-14,16-17H,6-7,10-12H2,1-2H3. The minimum absolute atomic E-state index is 0.452. The fraction of sp³-hybridized carbons (Fsp3) is 0.625. The third-order valence-electron chi connectivity index (χ3n) is 3.71. The molecule has 0 spiro atoms. The molecule has 1 saturated heterocycles. The number of hydrogen-bond acceptors (Lipinski definition) is 2. The summed E-state index contributed by atoms with van der Waals surface area (Å²) in [7, 11) is 0. The molecule has 0 bridgehead atoms. The zero-order valence-corrected chi connectivity index (χ0v) is 11.6. The van der Waals surface area contributed by atoms with Crippen LogP contribution in [0, 0.1) is 11.8 Å². The average Bonchev–Trinajstić information content (AvgIpc) is 2.41. The summed E-state index contributed by atoms with van der Waals surface area (Å²) in [6.45, 7) is 7.50. The van der Waals surface area contributed by atoms with Crippen LogP contribution in [0.5, 0.6) is 0 Å². The van der Waals surface area contributed by atoms with E-state index in [1.54, 1.807) is 0 Å². The summed E-state index contributed by atoms with van der Waals surface area (Å²) in [5.41, 5.74) is 1.39. The zero-order chi connectivity index (χ0) is 12.8. The lowest BCUT2D eigenvalue weighted by Crippen LogP contribution is -2.33. The van der Waals surface area contributed by atoms with E-state index in [2.05, 4.69) is 49.5 Å². The van der Waals surface area contributed by atoms with Gasteiger partial charge in [-0.1, -0.05) is 44.2 Å². The van der Waals surface area contributed by atoms with Gasteiger partial charge in [0.2, 0.25) is 0 Å². The van der Waals surface area contributed by atoms with Crippen molar-refractivity contribution in [2.45, 2.75) is 32.7 Å². The van der Waals surface area contributed by atoms with Crippen molar-refractivity contribution in [2.75, 3.05) is 19.8 Å². The van der Waals surface area contributed by atoms with Gasteiger partial charge in [-0.15, -0.1) is 0 Å². The Hall–Kier alpha value is -0.860. The Morgan fingerprint density at radius 3 is 2.67 bits per heavy atom. The molecule has 2 rings (SSSR count). The molecule has 2 heteroatoms. The van der Waals surface area contributed by atoms with Crippen LogP contribution in [0.4, 0.5) is 0 Å². The molecule has 2 atom stereocenters. The Bertz CT molecular complexity index is 330. The van der Waals surface area contributed by atoms with Gasteiger partial charge in [-0.05, 0) is 30.2 Å². The molecule has 1 aliphatic rings. The van der Waals surface area contributed by atoms with E-state index in [-0.39, 0.29) is 0 Å². The lowest BCUT2D eigenvalue weighted by Gasteiger charge is -2.28. The summed E-state index contributed by atoms with van der Waals surface area (Å²) >= 11 is 0. The van der Waals surface area contributed by atoms with Crippen LogP contribution >= 0.6 is 0 Å². The van der Waals surface area contributed by atoms with Crippen molar-refractivity contribution < 1.29 is 4.74 Å². The highest BCUT2D eigenvalue weighted by molar-refractivity contribution is 5.19. The Morgan fingerprint density at radius 2 is 2.06 bits per heavy atom. The van der Waals surface area contributed by atoms with Crippen LogP contribution in [0.3, 0.4) is 0 Å². The Kier molecular flexibility index (Phi) is 5.21. The Morgan fingerprint density at radius 1 is 1.28 bits per heavy atom. The van der Waals surface area contributed by atoms with Crippen LogP contribution < -0.4 is 5.32 Å². The predicted molar refractivity (Wildman–Crippen MR) is 75.6 cm³/mol. The largest absolute Gasteiger partial charge is 0.381 e. The van der Waals surface area contributed by atoms with E-state index < -0.39 is 0 Å². The van der Waals surface area contributed by atoms with E-state index in [4.69, 9.17) is 4.74 Å². The minimum atomic E-state index is 0.452. The summed E-state index contributed by atoms with van der Waals surface area (Å²) in [6, 6.07) is 11.2. The molecular formula is C16H25NO. The lowest BCUT2D eigenvalue weighted by atomic mass is 9.94. The zero-order valence-electron chi connectivity index (χ0n) is 11.6. The van der Waals surface area contributed by atoms with Gasteiger partial charge in [-0.25, -0.2) is 0 Å². The van der Waals surface area contributed by atoms with Gasteiger partial charge in [-0.2, -0.15) is 0 Å². The lowest BCUT2D eigenvalue weighted by molar-refractivity contribution is 0.0531. The molecule has 0 aliphatic carbocycles. The van der Waals surface area contributed by atoms with Crippen LogP contribution in [-0.4, -0.2) is 19.8 Å². The molecule has 1 aromatic carbocycles. The fourth-order valence-corrected chi connectivity index (χ4v) is 2.66. The van der Waals surface area contributed by atoms with E-state index in [0.29, 0.717) is 17.9 Å². The maximum absolute atomic E-state index is 5.54. The minimum Gasteiger partial charge on any atom is -0.381 e. The summed E-state index contributed by atoms with van der Waals surface area (Å²) in [4.78, 5) is 0. The van der Waals surface area contributed by atoms with E-state index in [1.807, 2.05) is 0 Å². The molecule has 2 nitrogen and oxygen atoms in total. The summed E-state index contributed by atoms with van der Waals surface area (Å²) in [5, 5.41) is 3.73. The molecule has 1 fully saturated rings. The highest BCUT2D eigenvalue weighted by Crippen LogP contribution is 2.22. The third kappa shape index (κ3) is 3.82. The molecular weight excluding hydrogens is 222 g/mol. The van der Waals surface area contributed by atoms with Gasteiger partial charge in [0.1, 0.15) is 0 Å². The third-order valence-corrected chi connectivity index (χ3v) is 3.71. The van der Waals surface area contributed by atoms with Crippen LogP contribution in [0.1, 0.15) is 38.3 Å². The molecule has 1 heterocycles. The van der Waals surface area contributed by atoms with Gasteiger partial charge in [0.25, 0.3) is 0 Å². The van der Waals surface area contributed by atoms with Gasteiger partial charge in [0.05, 0.1) is 6.61 Å². The number of nitrogens with one attached hydrogen (secondary N) is 1. The first-order chi connectivity index (χ1) is 8.77. The van der Waals surface area contributed by atoms with Crippen LogP contribution in [0.15, 0.2) is 30.3 Å². The number of ether oxygens (including phenoxy) is 1. The average molecular weight is 247 g/mol. The van der Waals surface area contributed by atoms with Gasteiger partial charge >= 0.3 is 0 Å². The van der Waals surface area contributed by atoms with Gasteiger partial charge in [0, 0.05) is 19.2 Å². The van der Waals surface area contributed by atoms with Crippen LogP contribution in [-0.2, 0) is 4.74 Å². The number of benzene rings is 1. The van der Waals surface area contributed by atoms with Crippen molar-refractivity contribution in [3.05, 3.63) is 35.9 Å². The smallest absolute Gasteiger partial charge is 0.0506 e. The maximum Gasteiger partial charge on any atom is 0.0506 e. The van der Waals surface area contributed by atoms with E-state index in [1.165, 1.54) is 18.4 Å². The van der Waals surface area contributed by atoms with E-state index in [9.17, 15) is 0 Å². The van der Waals surface area contributed by atoms with Crippen molar-refractivity contribution in [3.8, 4) is 0 Å². The molecule has 1 N–H and O–H groups in total. The van der Waals surface area contributed by atoms with Gasteiger partial charge in [0.15, 0.2) is 0 Å². The first-order valence-corrected chi connectivity index (χ1v) is 7.13. The molecule has 0 saturated carbocycles. The highest BCUT2D eigenvalue weighted by atomic mass is 16.5. The van der Waals surface area contributed by atoms with Crippen LogP contribution in [0.2, 0.25) is 0 Å². The number of hydrogen-bond donors (Lipinski definition) is 1. The fourth-order valence-electron chi connectivity index (χ4n) is 2.66. The first kappa shape index (κ1) is 13.6. The summed E-state index contributed by atoms with van der Waals surface area (Å²) < 4.78 is 5.54. The predicted octanol–water partition coefficient (Wildman–Crippen LogP) is 3.40. The SMILES string of the molecule is CC(C)C(NCC1CCCOC1)c1ccccc1. The van der Waals surface area contributed by atoms with Crippen molar-refractivity contribution in [1.29, 1.82) is 0 Å². The quantitative estimate of drug-likeness (QED) is 0.861. The summed E-state index contributed by atoms with van der Waals surface area (Å²) in [5.74, 6) is 1.29. The molecule has 0 aromatic heterocycles. The van der Waals surface area contributed by atoms with E-state index in [0.717, 1.165) is 19.8 Å². The molecule has 1 aromatic rings. The number of rotatable bonds is 5. The summed E-state index contributed by atoms with van der Waals surface area (Å²) in [6.07, 6.45) is 2.51. The van der Waals surface area contributed by atoms with Gasteiger partial charge in [-0.3, -0.25) is 0 Å². The van der Waals surface area contributed by atoms with Gasteiger partial charge < -0.3 is 10.1 Å². The highest BCUT2D eigenvalue weighted by Gasteiger charge is 2.19. The second-order valence-electron chi connectivity index (χ2n) is 5.62. The maximum atomic E-state index is 5.54. The van der Waals surface area contributed by atoms with Crippen LogP contribution in [0.25, 0.3) is 0 Å². The Balaban J connectivity index is 1.90. The first-order valence-electron chi connectivity index (χ1n) is 7.13. The molecule has 0 amide bonds. The Labute approximate surface area is 111 Å². The molecule has 0 radical (unpaired) electrons. The normalized spacial score (nSPS) is 22.1. The molecule has 100 valence electrons. The molecule has 1 aliphatic heterocycles. The second kappa shape index (κ2) is 6.91. The monoisotopic (exact) mass is 247 g/mol. The van der Waals surface area contributed by atoms with Crippen molar-refractivity contribution in [1.82, 2.24) is 5.32 Å². The van der Waals surface area contributed by atoms with Crippen molar-refractivity contribution in [3.63, 3.8) is 0 Å². The van der Waals surface area contributed by atoms with E-state index >= 15 is 0 Å². The second-order valence-corrected chi connectivity index (χ2v) is 5.62. The van der Waals surface area contributed by atoms with Crippen molar-refractivity contribution in [2.24, 2.45) is 11.8 Å². The molecule has 18 heavy (non-hydrogen) atoms. The topological polar surface area (TPSA) is 21.3 Å².